The number of anilines is 1. The van der Waals surface area contributed by atoms with Crippen LogP contribution in [0.1, 0.15) is 18.1 Å². The van der Waals surface area contributed by atoms with E-state index in [9.17, 15) is 45.0 Å². The molecule has 8 nitrogen and oxygen atoms in total. The zero-order valence-corrected chi connectivity index (χ0v) is 26.1. The molecule has 1 fully saturated rings. The van der Waals surface area contributed by atoms with Crippen LogP contribution in [0.3, 0.4) is 0 Å². The standard InChI is InChI=1S/C18H21F3N2O4S2.C9H8BrF3O2/c1-13-11-22(29(26,27)16-3-2-10-28-16)8-9-23(13)15-6-4-14(5-7-15)17(25,12-24)18(19,20)21;10-7-3-1-6(2-4-7)8(15,5-14)9(11,12)13/h2-7,10,13,24-25H,8-9,11-12H2,1H3;1-4,14-15H,5H2/t13-,17?;/m0./s1. The number of alkyl halides is 6. The highest BCUT2D eigenvalue weighted by Gasteiger charge is 2.55. The summed E-state index contributed by atoms with van der Waals surface area (Å²) in [4.78, 5) is 1.90. The number of piperazine rings is 1. The third kappa shape index (κ3) is 7.41. The van der Waals surface area contributed by atoms with E-state index in [2.05, 4.69) is 15.9 Å². The van der Waals surface area contributed by atoms with Crippen LogP contribution in [0.4, 0.5) is 32.0 Å². The minimum atomic E-state index is -5.02. The molecular formula is C27H29BrF6N2O6S2. The highest BCUT2D eigenvalue weighted by molar-refractivity contribution is 9.10. The van der Waals surface area contributed by atoms with Crippen molar-refractivity contribution in [3.63, 3.8) is 0 Å². The van der Waals surface area contributed by atoms with Crippen LogP contribution in [-0.2, 0) is 21.2 Å². The number of aliphatic hydroxyl groups excluding tert-OH is 2. The number of hydrogen-bond acceptors (Lipinski definition) is 8. The fourth-order valence-corrected chi connectivity index (χ4v) is 7.33. The van der Waals surface area contributed by atoms with Crippen LogP contribution < -0.4 is 4.90 Å². The van der Waals surface area contributed by atoms with Gasteiger partial charge in [-0.05, 0) is 53.8 Å². The van der Waals surface area contributed by atoms with Gasteiger partial charge >= 0.3 is 12.4 Å². The van der Waals surface area contributed by atoms with E-state index in [1.165, 1.54) is 28.6 Å². The lowest BCUT2D eigenvalue weighted by atomic mass is 9.93. The van der Waals surface area contributed by atoms with Gasteiger partial charge in [-0.15, -0.1) is 11.3 Å². The lowest BCUT2D eigenvalue weighted by Gasteiger charge is -2.40. The molecule has 1 aliphatic heterocycles. The van der Waals surface area contributed by atoms with E-state index in [4.69, 9.17) is 10.2 Å². The first-order valence-corrected chi connectivity index (χ1v) is 15.9. The maximum Gasteiger partial charge on any atom is 0.423 e. The monoisotopic (exact) mass is 734 g/mol. The second-order valence-corrected chi connectivity index (χ2v) is 14.0. The highest BCUT2D eigenvalue weighted by Crippen LogP contribution is 2.40. The van der Waals surface area contributed by atoms with Crippen LogP contribution in [0.25, 0.3) is 0 Å². The average Bonchev–Trinajstić information content (AvgIpc) is 3.52. The summed E-state index contributed by atoms with van der Waals surface area (Å²) < 4.78 is 104. The van der Waals surface area contributed by atoms with Gasteiger partial charge in [0.15, 0.2) is 0 Å². The van der Waals surface area contributed by atoms with Gasteiger partial charge in [0.2, 0.25) is 11.2 Å². The molecule has 44 heavy (non-hydrogen) atoms. The number of hydrogen-bond donors (Lipinski definition) is 4. The molecule has 0 spiro atoms. The fourth-order valence-electron chi connectivity index (χ4n) is 4.41. The van der Waals surface area contributed by atoms with Crippen LogP contribution in [0, 0.1) is 0 Å². The Hall–Kier alpha value is -2.25. The van der Waals surface area contributed by atoms with Crippen molar-refractivity contribution < 1.29 is 55.2 Å². The van der Waals surface area contributed by atoms with E-state index in [-0.39, 0.29) is 28.9 Å². The van der Waals surface area contributed by atoms with Crippen LogP contribution in [0.5, 0.6) is 0 Å². The smallest absolute Gasteiger partial charge is 0.393 e. The Morgan fingerprint density at radius 3 is 1.70 bits per heavy atom. The van der Waals surface area contributed by atoms with Crippen molar-refractivity contribution in [3.8, 4) is 0 Å². The van der Waals surface area contributed by atoms with Crippen molar-refractivity contribution in [3.05, 3.63) is 81.6 Å². The Balaban J connectivity index is 0.000000297. The van der Waals surface area contributed by atoms with Gasteiger partial charge in [0.05, 0.1) is 13.2 Å². The topological polar surface area (TPSA) is 122 Å². The van der Waals surface area contributed by atoms with Gasteiger partial charge in [-0.25, -0.2) is 8.42 Å². The predicted octanol–water partition coefficient (Wildman–Crippen LogP) is 4.58. The lowest BCUT2D eigenvalue weighted by molar-refractivity contribution is -0.277. The number of sulfonamides is 1. The van der Waals surface area contributed by atoms with Gasteiger partial charge in [0.25, 0.3) is 10.0 Å². The van der Waals surface area contributed by atoms with E-state index in [0.717, 1.165) is 35.6 Å². The highest BCUT2D eigenvalue weighted by atomic mass is 79.9. The van der Waals surface area contributed by atoms with Gasteiger partial charge in [0, 0.05) is 35.8 Å². The van der Waals surface area contributed by atoms with Gasteiger partial charge in [-0.1, -0.05) is 46.3 Å². The van der Waals surface area contributed by atoms with E-state index in [1.54, 1.807) is 17.5 Å². The molecule has 2 heterocycles. The summed E-state index contributed by atoms with van der Waals surface area (Å²) in [5.74, 6) is 0. The van der Waals surface area contributed by atoms with E-state index in [0.29, 0.717) is 16.7 Å². The number of nitrogens with zero attached hydrogens (tertiary/aromatic N) is 2. The van der Waals surface area contributed by atoms with Gasteiger partial charge < -0.3 is 25.3 Å². The molecule has 0 bridgehead atoms. The van der Waals surface area contributed by atoms with Crippen molar-refractivity contribution in [1.29, 1.82) is 0 Å². The lowest BCUT2D eigenvalue weighted by Crippen LogP contribution is -2.53. The van der Waals surface area contributed by atoms with Crippen molar-refractivity contribution in [2.45, 2.75) is 40.7 Å². The molecule has 17 heteroatoms. The SMILES string of the molecule is C[C@H]1CN(S(=O)(=O)c2cccs2)CCN1c1ccc(C(O)(CO)C(F)(F)F)cc1.OCC(O)(c1ccc(Br)cc1)C(F)(F)F. The molecule has 0 amide bonds. The Kier molecular flexibility index (Phi) is 11.2. The molecule has 0 saturated carbocycles. The zero-order chi connectivity index (χ0) is 33.1. The maximum absolute atomic E-state index is 13.1. The second-order valence-electron chi connectivity index (χ2n) is 9.92. The summed E-state index contributed by atoms with van der Waals surface area (Å²) in [5, 5.41) is 38.6. The Morgan fingerprint density at radius 2 is 1.32 bits per heavy atom. The molecule has 3 atom stereocenters. The van der Waals surface area contributed by atoms with Gasteiger partial charge in [-0.3, -0.25) is 0 Å². The largest absolute Gasteiger partial charge is 0.423 e. The van der Waals surface area contributed by atoms with Crippen LogP contribution in [-0.4, -0.2) is 84.4 Å². The normalized spacial score (nSPS) is 19.5. The van der Waals surface area contributed by atoms with Crippen molar-refractivity contribution >= 4 is 43.0 Å². The molecule has 244 valence electrons. The molecule has 4 rings (SSSR count). The molecule has 2 unspecified atom stereocenters. The third-order valence-electron chi connectivity index (χ3n) is 7.07. The third-order valence-corrected chi connectivity index (χ3v) is 10.8. The number of benzene rings is 2. The van der Waals surface area contributed by atoms with E-state index < -0.39 is 52.4 Å². The maximum atomic E-state index is 13.1. The summed E-state index contributed by atoms with van der Waals surface area (Å²) in [6.45, 7) is -0.192. The van der Waals surface area contributed by atoms with Gasteiger partial charge in [0.1, 0.15) is 4.21 Å². The quantitative estimate of drug-likeness (QED) is 0.263. The van der Waals surface area contributed by atoms with E-state index >= 15 is 0 Å². The Morgan fingerprint density at radius 1 is 0.841 bits per heavy atom. The average molecular weight is 736 g/mol. The first-order valence-electron chi connectivity index (χ1n) is 12.8. The fraction of sp³-hybridized carbons (Fsp3) is 0.407. The van der Waals surface area contributed by atoms with Crippen molar-refractivity contribution in [1.82, 2.24) is 4.31 Å². The number of rotatable bonds is 7. The molecule has 1 saturated heterocycles. The van der Waals surface area contributed by atoms with Crippen LogP contribution >= 0.6 is 27.3 Å². The molecule has 0 radical (unpaired) electrons. The molecule has 1 aliphatic rings. The summed E-state index contributed by atoms with van der Waals surface area (Å²) in [5.41, 5.74) is -6.77. The zero-order valence-electron chi connectivity index (χ0n) is 22.9. The van der Waals surface area contributed by atoms with Gasteiger partial charge in [-0.2, -0.15) is 30.6 Å². The number of thiophene rings is 1. The van der Waals surface area contributed by atoms with Crippen LogP contribution in [0.2, 0.25) is 0 Å². The summed E-state index contributed by atoms with van der Waals surface area (Å²) >= 11 is 4.21. The summed E-state index contributed by atoms with van der Waals surface area (Å²) in [7, 11) is -3.56. The molecule has 0 aliphatic carbocycles. The minimum absolute atomic E-state index is 0.205. The molecule has 2 aromatic carbocycles. The second kappa shape index (κ2) is 13.6. The molecule has 4 N–H and O–H groups in total. The van der Waals surface area contributed by atoms with Crippen molar-refractivity contribution in [2.24, 2.45) is 0 Å². The first kappa shape index (κ1) is 36.2. The van der Waals surface area contributed by atoms with Crippen LogP contribution in [0.15, 0.2) is 74.7 Å². The van der Waals surface area contributed by atoms with E-state index in [1.807, 2.05) is 11.8 Å². The summed E-state index contributed by atoms with van der Waals surface area (Å²) in [6, 6.07) is 13.1. The van der Waals surface area contributed by atoms with Crippen molar-refractivity contribution in [2.75, 3.05) is 37.7 Å². The summed E-state index contributed by atoms with van der Waals surface area (Å²) in [6.07, 6.45) is -9.92. The predicted molar refractivity (Wildman–Crippen MR) is 155 cm³/mol. The number of halogens is 7. The number of aliphatic hydroxyl groups is 4. The molecule has 1 aromatic heterocycles. The minimum Gasteiger partial charge on any atom is -0.393 e. The Labute approximate surface area is 262 Å². The first-order chi connectivity index (χ1) is 20.3. The Bertz CT molecular complexity index is 1470. The molecule has 3 aromatic rings. The molecular weight excluding hydrogens is 706 g/mol.